The molecule has 2 aliphatic carbocycles. The molecule has 0 atom stereocenters. The van der Waals surface area contributed by atoms with Crippen LogP contribution in [0.3, 0.4) is 0 Å². The Hall–Kier alpha value is -0.860. The van der Waals surface area contributed by atoms with Gasteiger partial charge >= 0.3 is 0 Å². The Balaban J connectivity index is 1.29. The molecule has 0 spiro atoms. The maximum atomic E-state index is 5.63. The van der Waals surface area contributed by atoms with Gasteiger partial charge in [0.1, 0.15) is 0 Å². The third-order valence-electron chi connectivity index (χ3n) is 4.18. The van der Waals surface area contributed by atoms with Crippen LogP contribution in [0.5, 0.6) is 0 Å². The molecule has 2 nitrogen and oxygen atoms in total. The minimum absolute atomic E-state index is 0.888. The number of hydrogen-bond donors (Lipinski definition) is 1. The normalized spacial score (nSPS) is 17.7. The zero-order chi connectivity index (χ0) is 12.9. The average Bonchev–Trinajstić information content (AvgIpc) is 3.13. The Morgan fingerprint density at radius 2 is 2.05 bits per heavy atom. The van der Waals surface area contributed by atoms with Gasteiger partial charge in [-0.3, -0.25) is 0 Å². The molecule has 0 heterocycles. The lowest BCUT2D eigenvalue weighted by Crippen LogP contribution is -2.16. The second kappa shape index (κ2) is 6.53. The van der Waals surface area contributed by atoms with E-state index in [4.69, 9.17) is 4.74 Å². The summed E-state index contributed by atoms with van der Waals surface area (Å²) in [5, 5.41) is 3.52. The van der Waals surface area contributed by atoms with E-state index in [-0.39, 0.29) is 0 Å². The van der Waals surface area contributed by atoms with Crippen molar-refractivity contribution in [2.24, 2.45) is 5.92 Å². The van der Waals surface area contributed by atoms with Crippen LogP contribution in [0.4, 0.5) is 0 Å². The van der Waals surface area contributed by atoms with E-state index in [9.17, 15) is 0 Å². The molecule has 0 saturated heterocycles. The number of nitrogens with one attached hydrogen (secondary N) is 1. The molecular weight excluding hydrogens is 234 g/mol. The van der Waals surface area contributed by atoms with Gasteiger partial charge < -0.3 is 10.1 Å². The summed E-state index contributed by atoms with van der Waals surface area (Å²) in [7, 11) is 0. The van der Waals surface area contributed by atoms with E-state index in [1.54, 1.807) is 11.1 Å². The molecule has 0 amide bonds. The highest BCUT2D eigenvalue weighted by molar-refractivity contribution is 5.35. The van der Waals surface area contributed by atoms with Gasteiger partial charge in [0.15, 0.2) is 0 Å². The van der Waals surface area contributed by atoms with Crippen LogP contribution >= 0.6 is 0 Å². The lowest BCUT2D eigenvalue weighted by molar-refractivity contribution is 0.122. The maximum Gasteiger partial charge on any atom is 0.0494 e. The molecule has 0 bridgehead atoms. The molecule has 0 aromatic heterocycles. The van der Waals surface area contributed by atoms with Crippen LogP contribution in [0, 0.1) is 5.92 Å². The third kappa shape index (κ3) is 4.05. The van der Waals surface area contributed by atoms with Crippen LogP contribution in [0.1, 0.15) is 42.4 Å². The van der Waals surface area contributed by atoms with Gasteiger partial charge in [0.25, 0.3) is 0 Å². The fourth-order valence-corrected chi connectivity index (χ4v) is 2.80. The molecule has 0 unspecified atom stereocenters. The highest BCUT2D eigenvalue weighted by Crippen LogP contribution is 2.28. The van der Waals surface area contributed by atoms with Crippen molar-refractivity contribution >= 4 is 0 Å². The standard InChI is InChI=1S/C17H25NO/c1-3-16-8-7-15(11-17(16)4-1)12-18-9-2-10-19-13-14-5-6-14/h7-8,11,14,18H,1-6,9-10,12-13H2. The first-order chi connectivity index (χ1) is 9.42. The van der Waals surface area contributed by atoms with Gasteiger partial charge in [0.2, 0.25) is 0 Å². The summed E-state index contributed by atoms with van der Waals surface area (Å²) >= 11 is 0. The average molecular weight is 259 g/mol. The molecule has 2 aliphatic rings. The molecule has 0 aliphatic heterocycles. The van der Waals surface area contributed by atoms with Crippen LogP contribution in [-0.2, 0) is 24.1 Å². The summed E-state index contributed by atoms with van der Waals surface area (Å²) in [5.41, 5.74) is 4.57. The zero-order valence-corrected chi connectivity index (χ0v) is 11.8. The van der Waals surface area contributed by atoms with Crippen LogP contribution in [-0.4, -0.2) is 19.8 Å². The SMILES string of the molecule is c1cc2c(cc1CNCCCOCC1CC1)CCC2. The van der Waals surface area contributed by atoms with Gasteiger partial charge in [-0.05, 0) is 67.7 Å². The predicted octanol–water partition coefficient (Wildman–Crippen LogP) is 3.08. The van der Waals surface area contributed by atoms with E-state index in [1.165, 1.54) is 37.7 Å². The van der Waals surface area contributed by atoms with Crippen LogP contribution in [0.25, 0.3) is 0 Å². The predicted molar refractivity (Wildman–Crippen MR) is 78.3 cm³/mol. The van der Waals surface area contributed by atoms with E-state index in [0.717, 1.165) is 38.6 Å². The Bertz CT molecular complexity index is 412. The second-order valence-electron chi connectivity index (χ2n) is 6.01. The van der Waals surface area contributed by atoms with Crippen LogP contribution in [0.2, 0.25) is 0 Å². The molecule has 1 aromatic rings. The van der Waals surface area contributed by atoms with Gasteiger partial charge in [-0.25, -0.2) is 0 Å². The van der Waals surface area contributed by atoms with Crippen molar-refractivity contribution in [1.82, 2.24) is 5.32 Å². The van der Waals surface area contributed by atoms with Crippen molar-refractivity contribution < 1.29 is 4.74 Å². The first-order valence-corrected chi connectivity index (χ1v) is 7.81. The van der Waals surface area contributed by atoms with Gasteiger partial charge in [0.05, 0.1) is 0 Å². The van der Waals surface area contributed by atoms with Gasteiger partial charge in [0, 0.05) is 19.8 Å². The lowest BCUT2D eigenvalue weighted by Gasteiger charge is -2.07. The molecule has 1 aromatic carbocycles. The molecule has 2 heteroatoms. The maximum absolute atomic E-state index is 5.63. The van der Waals surface area contributed by atoms with Crippen molar-refractivity contribution in [3.63, 3.8) is 0 Å². The smallest absolute Gasteiger partial charge is 0.0494 e. The Kier molecular flexibility index (Phi) is 4.52. The fourth-order valence-electron chi connectivity index (χ4n) is 2.80. The van der Waals surface area contributed by atoms with Crippen LogP contribution < -0.4 is 5.32 Å². The summed E-state index contributed by atoms with van der Waals surface area (Å²) in [6.45, 7) is 3.95. The van der Waals surface area contributed by atoms with E-state index in [2.05, 4.69) is 23.5 Å². The topological polar surface area (TPSA) is 21.3 Å². The minimum Gasteiger partial charge on any atom is -0.381 e. The largest absolute Gasteiger partial charge is 0.381 e. The monoisotopic (exact) mass is 259 g/mol. The minimum atomic E-state index is 0.888. The summed E-state index contributed by atoms with van der Waals surface area (Å²) in [6, 6.07) is 6.98. The summed E-state index contributed by atoms with van der Waals surface area (Å²) in [4.78, 5) is 0. The number of ether oxygens (including phenoxy) is 1. The van der Waals surface area contributed by atoms with Crippen molar-refractivity contribution in [3.05, 3.63) is 34.9 Å². The van der Waals surface area contributed by atoms with Crippen molar-refractivity contribution in [2.45, 2.75) is 45.1 Å². The number of hydrogen-bond acceptors (Lipinski definition) is 2. The summed E-state index contributed by atoms with van der Waals surface area (Å²) < 4.78 is 5.63. The quantitative estimate of drug-likeness (QED) is 0.724. The molecule has 19 heavy (non-hydrogen) atoms. The molecule has 1 fully saturated rings. The van der Waals surface area contributed by atoms with Crippen molar-refractivity contribution in [2.75, 3.05) is 19.8 Å². The second-order valence-corrected chi connectivity index (χ2v) is 6.01. The zero-order valence-electron chi connectivity index (χ0n) is 11.8. The molecule has 3 rings (SSSR count). The van der Waals surface area contributed by atoms with E-state index in [1.807, 2.05) is 0 Å². The highest BCUT2D eigenvalue weighted by Gasteiger charge is 2.20. The van der Waals surface area contributed by atoms with Gasteiger partial charge in [-0.15, -0.1) is 0 Å². The van der Waals surface area contributed by atoms with Gasteiger partial charge in [-0.1, -0.05) is 18.2 Å². The van der Waals surface area contributed by atoms with Crippen LogP contribution in [0.15, 0.2) is 18.2 Å². The number of rotatable bonds is 8. The first kappa shape index (κ1) is 13.1. The van der Waals surface area contributed by atoms with E-state index in [0.29, 0.717) is 0 Å². The fraction of sp³-hybridized carbons (Fsp3) is 0.647. The number of aryl methyl sites for hydroxylation is 2. The number of fused-ring (bicyclic) bond motifs is 1. The first-order valence-electron chi connectivity index (χ1n) is 7.81. The lowest BCUT2D eigenvalue weighted by atomic mass is 10.1. The molecule has 1 N–H and O–H groups in total. The highest BCUT2D eigenvalue weighted by atomic mass is 16.5. The molecule has 1 saturated carbocycles. The Morgan fingerprint density at radius 1 is 1.16 bits per heavy atom. The third-order valence-corrected chi connectivity index (χ3v) is 4.18. The van der Waals surface area contributed by atoms with Crippen molar-refractivity contribution in [3.8, 4) is 0 Å². The number of benzene rings is 1. The Morgan fingerprint density at radius 3 is 2.95 bits per heavy atom. The van der Waals surface area contributed by atoms with E-state index >= 15 is 0 Å². The molecule has 104 valence electrons. The molecular formula is C17H25NO. The Labute approximate surface area is 116 Å². The van der Waals surface area contributed by atoms with Gasteiger partial charge in [-0.2, -0.15) is 0 Å². The summed E-state index contributed by atoms with van der Waals surface area (Å²) in [6.07, 6.45) is 7.79. The van der Waals surface area contributed by atoms with Crippen molar-refractivity contribution in [1.29, 1.82) is 0 Å². The van der Waals surface area contributed by atoms with E-state index < -0.39 is 0 Å². The molecule has 0 radical (unpaired) electrons. The summed E-state index contributed by atoms with van der Waals surface area (Å²) in [5.74, 6) is 0.888.